The standard InChI is InChI=1S/C11H6BrN3S/c12-11-15-14-10(16-11)8-3-1-2-7-4-5-13-6-9(7)8/h1-6H. The Morgan fingerprint density at radius 1 is 1.12 bits per heavy atom. The summed E-state index contributed by atoms with van der Waals surface area (Å²) in [4.78, 5) is 4.15. The lowest BCUT2D eigenvalue weighted by Gasteiger charge is -2.01. The van der Waals surface area contributed by atoms with E-state index in [1.165, 1.54) is 16.7 Å². The molecule has 0 atom stereocenters. The Hall–Kier alpha value is -1.33. The lowest BCUT2D eigenvalue weighted by atomic mass is 10.1. The van der Waals surface area contributed by atoms with Crippen LogP contribution in [0.4, 0.5) is 0 Å². The average Bonchev–Trinajstić information content (AvgIpc) is 2.75. The van der Waals surface area contributed by atoms with Crippen LogP contribution in [0.3, 0.4) is 0 Å². The molecule has 0 bridgehead atoms. The van der Waals surface area contributed by atoms with E-state index >= 15 is 0 Å². The number of aromatic nitrogens is 3. The predicted octanol–water partition coefficient (Wildman–Crippen LogP) is 3.52. The Labute approximate surface area is 104 Å². The third-order valence-corrected chi connectivity index (χ3v) is 3.70. The molecule has 0 radical (unpaired) electrons. The fraction of sp³-hybridized carbons (Fsp3) is 0. The van der Waals surface area contributed by atoms with E-state index in [0.717, 1.165) is 19.9 Å². The minimum Gasteiger partial charge on any atom is -0.264 e. The van der Waals surface area contributed by atoms with Crippen molar-refractivity contribution >= 4 is 38.0 Å². The van der Waals surface area contributed by atoms with Crippen LogP contribution in [0.1, 0.15) is 0 Å². The quantitative estimate of drug-likeness (QED) is 0.689. The highest BCUT2D eigenvalue weighted by molar-refractivity contribution is 9.11. The van der Waals surface area contributed by atoms with Crippen LogP contribution in [0.2, 0.25) is 0 Å². The monoisotopic (exact) mass is 291 g/mol. The first-order valence-electron chi connectivity index (χ1n) is 4.67. The van der Waals surface area contributed by atoms with E-state index in [2.05, 4.69) is 37.2 Å². The molecule has 0 N–H and O–H groups in total. The van der Waals surface area contributed by atoms with Crippen molar-refractivity contribution in [3.8, 4) is 10.6 Å². The van der Waals surface area contributed by atoms with Crippen LogP contribution in [0.25, 0.3) is 21.3 Å². The molecule has 0 saturated heterocycles. The van der Waals surface area contributed by atoms with E-state index in [4.69, 9.17) is 0 Å². The number of benzene rings is 1. The second-order valence-corrected chi connectivity index (χ2v) is 5.52. The van der Waals surface area contributed by atoms with Crippen molar-refractivity contribution in [1.82, 2.24) is 15.2 Å². The second-order valence-electron chi connectivity index (χ2n) is 3.26. The van der Waals surface area contributed by atoms with Gasteiger partial charge in [-0.05, 0) is 27.4 Å². The van der Waals surface area contributed by atoms with Crippen molar-refractivity contribution in [3.05, 3.63) is 40.6 Å². The summed E-state index contributed by atoms with van der Waals surface area (Å²) in [6.45, 7) is 0. The zero-order valence-corrected chi connectivity index (χ0v) is 10.5. The lowest BCUT2D eigenvalue weighted by molar-refractivity contribution is 1.08. The molecule has 2 aromatic heterocycles. The van der Waals surface area contributed by atoms with Gasteiger partial charge in [0.25, 0.3) is 0 Å². The summed E-state index contributed by atoms with van der Waals surface area (Å²) in [7, 11) is 0. The van der Waals surface area contributed by atoms with Crippen LogP contribution in [0.15, 0.2) is 40.6 Å². The van der Waals surface area contributed by atoms with Crippen LogP contribution in [0, 0.1) is 0 Å². The molecule has 3 nitrogen and oxygen atoms in total. The minimum atomic E-state index is 0.795. The average molecular weight is 292 g/mol. The third kappa shape index (κ3) is 1.62. The molecule has 3 rings (SSSR count). The van der Waals surface area contributed by atoms with Gasteiger partial charge in [-0.3, -0.25) is 4.98 Å². The maximum atomic E-state index is 4.15. The fourth-order valence-electron chi connectivity index (χ4n) is 1.61. The molecular formula is C11H6BrN3S. The van der Waals surface area contributed by atoms with Crippen molar-refractivity contribution in [1.29, 1.82) is 0 Å². The maximum absolute atomic E-state index is 4.15. The van der Waals surface area contributed by atoms with Crippen molar-refractivity contribution < 1.29 is 0 Å². The van der Waals surface area contributed by atoms with Crippen LogP contribution in [0.5, 0.6) is 0 Å². The molecule has 0 saturated carbocycles. The number of hydrogen-bond acceptors (Lipinski definition) is 4. The summed E-state index contributed by atoms with van der Waals surface area (Å²) in [6, 6.07) is 8.12. The van der Waals surface area contributed by atoms with E-state index in [9.17, 15) is 0 Å². The lowest BCUT2D eigenvalue weighted by Crippen LogP contribution is -1.81. The number of pyridine rings is 1. The van der Waals surface area contributed by atoms with Crippen molar-refractivity contribution in [3.63, 3.8) is 0 Å². The third-order valence-electron chi connectivity index (χ3n) is 2.31. The van der Waals surface area contributed by atoms with E-state index in [1.54, 1.807) is 6.20 Å². The van der Waals surface area contributed by atoms with Crippen LogP contribution in [-0.2, 0) is 0 Å². The largest absolute Gasteiger partial charge is 0.264 e. The molecule has 0 spiro atoms. The molecule has 0 fully saturated rings. The number of hydrogen-bond donors (Lipinski definition) is 0. The first-order chi connectivity index (χ1) is 7.84. The second kappa shape index (κ2) is 3.92. The van der Waals surface area contributed by atoms with Gasteiger partial charge in [0.1, 0.15) is 5.01 Å². The molecule has 5 heteroatoms. The van der Waals surface area contributed by atoms with Gasteiger partial charge in [-0.25, -0.2) is 0 Å². The molecule has 78 valence electrons. The normalized spacial score (nSPS) is 10.8. The highest BCUT2D eigenvalue weighted by atomic mass is 79.9. The highest BCUT2D eigenvalue weighted by Crippen LogP contribution is 2.31. The van der Waals surface area contributed by atoms with Crippen molar-refractivity contribution in [2.75, 3.05) is 0 Å². The Kier molecular flexibility index (Phi) is 2.41. The number of nitrogens with zero attached hydrogens (tertiary/aromatic N) is 3. The molecule has 0 aliphatic rings. The Morgan fingerprint density at radius 3 is 2.88 bits per heavy atom. The van der Waals surface area contributed by atoms with Gasteiger partial charge in [-0.1, -0.05) is 29.5 Å². The van der Waals surface area contributed by atoms with Gasteiger partial charge in [0.05, 0.1) is 0 Å². The summed E-state index contributed by atoms with van der Waals surface area (Å²) in [6.07, 6.45) is 3.65. The summed E-state index contributed by atoms with van der Waals surface area (Å²) in [5, 5.41) is 11.3. The van der Waals surface area contributed by atoms with E-state index in [-0.39, 0.29) is 0 Å². The van der Waals surface area contributed by atoms with E-state index in [1.807, 2.05) is 24.4 Å². The minimum absolute atomic E-state index is 0.795. The first kappa shape index (κ1) is 9.86. The van der Waals surface area contributed by atoms with Crippen LogP contribution >= 0.6 is 27.3 Å². The van der Waals surface area contributed by atoms with Crippen LogP contribution in [-0.4, -0.2) is 15.2 Å². The molecule has 2 heterocycles. The van der Waals surface area contributed by atoms with Gasteiger partial charge in [0.2, 0.25) is 0 Å². The predicted molar refractivity (Wildman–Crippen MR) is 68.3 cm³/mol. The summed E-state index contributed by atoms with van der Waals surface area (Å²) in [5.74, 6) is 0. The fourth-order valence-corrected chi connectivity index (χ4v) is 2.76. The smallest absolute Gasteiger partial charge is 0.183 e. The number of rotatable bonds is 1. The zero-order chi connectivity index (χ0) is 11.0. The highest BCUT2D eigenvalue weighted by Gasteiger charge is 2.08. The van der Waals surface area contributed by atoms with Gasteiger partial charge < -0.3 is 0 Å². The van der Waals surface area contributed by atoms with Gasteiger partial charge in [0.15, 0.2) is 3.92 Å². The topological polar surface area (TPSA) is 38.7 Å². The molecule has 0 unspecified atom stereocenters. The first-order valence-corrected chi connectivity index (χ1v) is 6.28. The van der Waals surface area contributed by atoms with Gasteiger partial charge in [-0.2, -0.15) is 0 Å². The molecule has 3 aromatic rings. The summed E-state index contributed by atoms with van der Waals surface area (Å²) < 4.78 is 0.795. The summed E-state index contributed by atoms with van der Waals surface area (Å²) in [5.41, 5.74) is 1.08. The van der Waals surface area contributed by atoms with Crippen molar-refractivity contribution in [2.24, 2.45) is 0 Å². The molecule has 1 aromatic carbocycles. The molecule has 0 aliphatic heterocycles. The Morgan fingerprint density at radius 2 is 2.06 bits per heavy atom. The zero-order valence-electron chi connectivity index (χ0n) is 8.09. The number of halogens is 1. The molecule has 0 aliphatic carbocycles. The molecule has 0 amide bonds. The SMILES string of the molecule is Brc1nnc(-c2cccc3ccncc23)s1. The Balaban J connectivity index is 2.31. The van der Waals surface area contributed by atoms with E-state index < -0.39 is 0 Å². The van der Waals surface area contributed by atoms with Gasteiger partial charge >= 0.3 is 0 Å². The summed E-state index contributed by atoms with van der Waals surface area (Å²) >= 11 is 4.85. The van der Waals surface area contributed by atoms with Gasteiger partial charge in [0, 0.05) is 23.3 Å². The van der Waals surface area contributed by atoms with E-state index in [0.29, 0.717) is 0 Å². The van der Waals surface area contributed by atoms with Gasteiger partial charge in [-0.15, -0.1) is 10.2 Å². The molecular weight excluding hydrogens is 286 g/mol. The molecule has 16 heavy (non-hydrogen) atoms. The van der Waals surface area contributed by atoms with Crippen molar-refractivity contribution in [2.45, 2.75) is 0 Å². The van der Waals surface area contributed by atoms with Crippen LogP contribution < -0.4 is 0 Å². The maximum Gasteiger partial charge on any atom is 0.183 e. The Bertz CT molecular complexity index is 645. The number of fused-ring (bicyclic) bond motifs is 1.